The number of nitrogens with two attached hydrogens (primary N) is 1. The van der Waals surface area contributed by atoms with Crippen LogP contribution in [-0.4, -0.2) is 39.0 Å². The summed E-state index contributed by atoms with van der Waals surface area (Å²) in [6.07, 6.45) is 0. The van der Waals surface area contributed by atoms with Crippen LogP contribution < -0.4 is 10.5 Å². The molecule has 5 nitrogen and oxygen atoms in total. The lowest BCUT2D eigenvalue weighted by Gasteiger charge is -2.12. The van der Waals surface area contributed by atoms with Gasteiger partial charge in [0.1, 0.15) is 5.75 Å². The molecule has 0 bridgehead atoms. The van der Waals surface area contributed by atoms with Crippen LogP contribution in [0.3, 0.4) is 0 Å². The van der Waals surface area contributed by atoms with E-state index in [1.807, 2.05) is 19.1 Å². The van der Waals surface area contributed by atoms with E-state index < -0.39 is 20.5 Å². The smallest absolute Gasteiger partial charge is 0.182 e. The normalized spacial score (nSPS) is 25.6. The average molecular weight is 361 g/mol. The highest BCUT2D eigenvalue weighted by Gasteiger charge is 2.70. The van der Waals surface area contributed by atoms with Gasteiger partial charge in [-0.25, -0.2) is 8.42 Å². The second-order valence-electron chi connectivity index (χ2n) is 6.62. The molecule has 0 spiro atoms. The molecule has 0 radical (unpaired) electrons. The fourth-order valence-corrected chi connectivity index (χ4v) is 6.08. The van der Waals surface area contributed by atoms with Gasteiger partial charge in [-0.05, 0) is 36.8 Å². The monoisotopic (exact) mass is 361 g/mol. The minimum Gasteiger partial charge on any atom is -0.497 e. The maximum absolute atomic E-state index is 13.2. The first kappa shape index (κ1) is 17.9. The molecule has 0 aliphatic heterocycles. The van der Waals surface area contributed by atoms with Gasteiger partial charge in [0, 0.05) is 17.9 Å². The minimum atomic E-state index is -3.60. The highest BCUT2D eigenvalue weighted by molar-refractivity contribution is 7.92. The zero-order valence-corrected chi connectivity index (χ0v) is 15.2. The zero-order valence-electron chi connectivity index (χ0n) is 14.3. The number of hydrogen-bond acceptors (Lipinski definition) is 5. The van der Waals surface area contributed by atoms with E-state index in [4.69, 9.17) is 10.5 Å². The van der Waals surface area contributed by atoms with E-state index in [-0.39, 0.29) is 24.0 Å². The van der Waals surface area contributed by atoms with Gasteiger partial charge in [-0.3, -0.25) is 0 Å². The summed E-state index contributed by atoms with van der Waals surface area (Å²) in [6.45, 7) is 1.75. The molecule has 2 aromatic rings. The molecule has 0 heterocycles. The Morgan fingerprint density at radius 3 is 2.20 bits per heavy atom. The fraction of sp³-hybridized carbons (Fsp3) is 0.368. The highest BCUT2D eigenvalue weighted by atomic mass is 32.2. The quantitative estimate of drug-likeness (QED) is 0.820. The van der Waals surface area contributed by atoms with Crippen molar-refractivity contribution in [2.45, 2.75) is 23.0 Å². The molecule has 1 aliphatic rings. The van der Waals surface area contributed by atoms with E-state index in [0.717, 1.165) is 11.1 Å². The van der Waals surface area contributed by atoms with Gasteiger partial charge in [0.2, 0.25) is 0 Å². The van der Waals surface area contributed by atoms with Gasteiger partial charge < -0.3 is 15.6 Å². The molecule has 3 rings (SSSR count). The van der Waals surface area contributed by atoms with Crippen molar-refractivity contribution in [2.75, 3.05) is 20.3 Å². The van der Waals surface area contributed by atoms with Crippen LogP contribution in [-0.2, 0) is 9.84 Å². The third-order valence-electron chi connectivity index (χ3n) is 5.21. The summed E-state index contributed by atoms with van der Waals surface area (Å²) in [4.78, 5) is 0.269. The standard InChI is InChI=1S/C19H23NO4S/c1-13-3-9-16(10-4-13)25(22,23)18-17(19(18,11-20)12-21)14-5-7-15(24-2)8-6-14/h3-10,17-18,21H,11-12,20H2,1-2H3. The minimum absolute atomic E-state index is 0.107. The highest BCUT2D eigenvalue weighted by Crippen LogP contribution is 2.63. The molecule has 0 amide bonds. The summed E-state index contributed by atoms with van der Waals surface area (Å²) < 4.78 is 31.5. The van der Waals surface area contributed by atoms with Crippen molar-refractivity contribution in [1.29, 1.82) is 0 Å². The van der Waals surface area contributed by atoms with Gasteiger partial charge in [0.05, 0.1) is 23.9 Å². The molecule has 134 valence electrons. The number of ether oxygens (including phenoxy) is 1. The second-order valence-corrected chi connectivity index (χ2v) is 8.69. The van der Waals surface area contributed by atoms with Gasteiger partial charge in [-0.1, -0.05) is 29.8 Å². The number of methoxy groups -OCH3 is 1. The molecule has 1 aliphatic carbocycles. The fourth-order valence-electron chi connectivity index (χ4n) is 3.63. The predicted octanol–water partition coefficient (Wildman–Crippen LogP) is 1.88. The van der Waals surface area contributed by atoms with Crippen molar-refractivity contribution in [1.82, 2.24) is 0 Å². The summed E-state index contributed by atoms with van der Waals surface area (Å²) >= 11 is 0. The van der Waals surface area contributed by atoms with Crippen molar-refractivity contribution >= 4 is 9.84 Å². The van der Waals surface area contributed by atoms with E-state index in [1.54, 1.807) is 43.5 Å². The Kier molecular flexibility index (Phi) is 4.62. The Morgan fingerprint density at radius 1 is 1.12 bits per heavy atom. The van der Waals surface area contributed by atoms with Crippen molar-refractivity contribution in [2.24, 2.45) is 11.1 Å². The van der Waals surface area contributed by atoms with Crippen molar-refractivity contribution in [3.05, 3.63) is 59.7 Å². The van der Waals surface area contributed by atoms with Gasteiger partial charge in [0.25, 0.3) is 0 Å². The van der Waals surface area contributed by atoms with Crippen molar-refractivity contribution < 1.29 is 18.3 Å². The van der Waals surface area contributed by atoms with E-state index >= 15 is 0 Å². The Labute approximate surface area is 148 Å². The average Bonchev–Trinajstić information content (AvgIpc) is 3.33. The Hall–Kier alpha value is -1.89. The van der Waals surface area contributed by atoms with Gasteiger partial charge in [-0.2, -0.15) is 0 Å². The molecule has 2 aromatic carbocycles. The first-order valence-electron chi connectivity index (χ1n) is 8.16. The van der Waals surface area contributed by atoms with Crippen LogP contribution in [0.1, 0.15) is 17.0 Å². The summed E-state index contributed by atoms with van der Waals surface area (Å²) in [6, 6.07) is 14.1. The molecular weight excluding hydrogens is 338 g/mol. The van der Waals surface area contributed by atoms with Crippen LogP contribution in [0.5, 0.6) is 5.75 Å². The lowest BCUT2D eigenvalue weighted by molar-refractivity contribution is 0.212. The topological polar surface area (TPSA) is 89.6 Å². The third-order valence-corrected chi connectivity index (χ3v) is 7.55. The molecule has 1 fully saturated rings. The Bertz CT molecular complexity index is 840. The summed E-state index contributed by atoms with van der Waals surface area (Å²) in [5, 5.41) is 9.21. The number of aryl methyl sites for hydroxylation is 1. The second kappa shape index (κ2) is 6.44. The first-order chi connectivity index (χ1) is 11.9. The number of rotatable bonds is 6. The summed E-state index contributed by atoms with van der Waals surface area (Å²) in [5.41, 5.74) is 6.90. The Balaban J connectivity index is 2.02. The molecular formula is C19H23NO4S. The van der Waals surface area contributed by atoms with Crippen LogP contribution in [0, 0.1) is 12.3 Å². The summed E-state index contributed by atoms with van der Waals surface area (Å²) in [5.74, 6) is 0.365. The third kappa shape index (κ3) is 2.84. The van der Waals surface area contributed by atoms with E-state index in [0.29, 0.717) is 5.75 Å². The number of sulfone groups is 1. The van der Waals surface area contributed by atoms with E-state index in [1.165, 1.54) is 0 Å². The lowest BCUT2D eigenvalue weighted by atomic mass is 10.00. The SMILES string of the molecule is COc1ccc(C2C(S(=O)(=O)c3ccc(C)cc3)C2(CN)CO)cc1. The Morgan fingerprint density at radius 2 is 1.72 bits per heavy atom. The van der Waals surface area contributed by atoms with Gasteiger partial charge >= 0.3 is 0 Å². The molecule has 25 heavy (non-hydrogen) atoms. The number of aliphatic hydroxyl groups excluding tert-OH is 1. The van der Waals surface area contributed by atoms with Crippen molar-refractivity contribution in [3.63, 3.8) is 0 Å². The van der Waals surface area contributed by atoms with Gasteiger partial charge in [0.15, 0.2) is 9.84 Å². The molecule has 1 saturated carbocycles. The molecule has 6 heteroatoms. The number of hydrogen-bond donors (Lipinski definition) is 2. The molecule has 3 unspecified atom stereocenters. The predicted molar refractivity (Wildman–Crippen MR) is 96.5 cm³/mol. The van der Waals surface area contributed by atoms with Crippen LogP contribution in [0.25, 0.3) is 0 Å². The van der Waals surface area contributed by atoms with E-state index in [2.05, 4.69) is 0 Å². The largest absolute Gasteiger partial charge is 0.497 e. The van der Waals surface area contributed by atoms with Gasteiger partial charge in [-0.15, -0.1) is 0 Å². The number of aliphatic hydroxyl groups is 1. The first-order valence-corrected chi connectivity index (χ1v) is 9.71. The number of benzene rings is 2. The lowest BCUT2D eigenvalue weighted by Crippen LogP contribution is -2.27. The van der Waals surface area contributed by atoms with Crippen LogP contribution in [0.2, 0.25) is 0 Å². The molecule has 0 saturated heterocycles. The van der Waals surface area contributed by atoms with Crippen LogP contribution in [0.15, 0.2) is 53.4 Å². The molecule has 0 aromatic heterocycles. The van der Waals surface area contributed by atoms with Crippen LogP contribution in [0.4, 0.5) is 0 Å². The van der Waals surface area contributed by atoms with E-state index in [9.17, 15) is 13.5 Å². The molecule has 3 atom stereocenters. The zero-order chi connectivity index (χ0) is 18.2. The maximum Gasteiger partial charge on any atom is 0.182 e. The maximum atomic E-state index is 13.2. The summed E-state index contributed by atoms with van der Waals surface area (Å²) in [7, 11) is -2.02. The molecule has 3 N–H and O–H groups in total. The van der Waals surface area contributed by atoms with Crippen molar-refractivity contribution in [3.8, 4) is 5.75 Å². The van der Waals surface area contributed by atoms with Crippen LogP contribution >= 0.6 is 0 Å².